The average Bonchev–Trinajstić information content (AvgIpc) is 3.02. The van der Waals surface area contributed by atoms with Gasteiger partial charge in [-0.05, 0) is 51.4 Å². The highest BCUT2D eigenvalue weighted by Gasteiger charge is 2.84. The van der Waals surface area contributed by atoms with Gasteiger partial charge >= 0.3 is 0 Å². The van der Waals surface area contributed by atoms with Gasteiger partial charge in [-0.15, -0.1) is 11.3 Å². The van der Waals surface area contributed by atoms with Crippen molar-refractivity contribution >= 4 is 17.1 Å². The number of aromatic nitrogens is 1. The number of rotatable bonds is 2. The minimum Gasteiger partial charge on any atom is -0.391 e. The van der Waals surface area contributed by atoms with Gasteiger partial charge in [-0.3, -0.25) is 4.79 Å². The van der Waals surface area contributed by atoms with Crippen molar-refractivity contribution in [3.8, 4) is 0 Å². The van der Waals surface area contributed by atoms with Crippen molar-refractivity contribution in [2.24, 2.45) is 28.6 Å². The molecule has 2 saturated heterocycles. The molecular formula is C24H33NO5S. The van der Waals surface area contributed by atoms with E-state index in [9.17, 15) is 20.1 Å². The van der Waals surface area contributed by atoms with E-state index in [4.69, 9.17) is 9.72 Å². The molecule has 7 heteroatoms. The van der Waals surface area contributed by atoms with Crippen LogP contribution in [0, 0.1) is 35.5 Å². The molecule has 3 N–H and O–H groups in total. The number of carbonyl (C=O) groups excluding carboxylic acids is 1. The Morgan fingerprint density at radius 2 is 1.90 bits per heavy atom. The number of thiazole rings is 1. The van der Waals surface area contributed by atoms with Crippen molar-refractivity contribution < 1.29 is 24.9 Å². The van der Waals surface area contributed by atoms with Gasteiger partial charge in [0.2, 0.25) is 5.79 Å². The number of carbonyl (C=O) groups is 1. The number of aliphatic hydroxyl groups is 3. The predicted octanol–water partition coefficient (Wildman–Crippen LogP) is 2.52. The number of aryl methyl sites for hydroxylation is 1. The van der Waals surface area contributed by atoms with E-state index in [1.165, 1.54) is 6.92 Å². The van der Waals surface area contributed by atoms with Crippen molar-refractivity contribution in [1.29, 1.82) is 0 Å². The molecule has 6 nitrogen and oxygen atoms in total. The number of hydrogen-bond acceptors (Lipinski definition) is 7. The third-order valence-electron chi connectivity index (χ3n) is 9.10. The van der Waals surface area contributed by atoms with Gasteiger partial charge < -0.3 is 20.1 Å². The number of Topliss-reactive ketones (excluding diaryl/α,β-unsaturated/α-hetero) is 1. The van der Waals surface area contributed by atoms with Crippen molar-refractivity contribution in [3.05, 3.63) is 27.7 Å². The van der Waals surface area contributed by atoms with Crippen LogP contribution in [0.1, 0.15) is 56.1 Å². The van der Waals surface area contributed by atoms with Gasteiger partial charge in [-0.2, -0.15) is 0 Å². The van der Waals surface area contributed by atoms with Crippen LogP contribution in [0.25, 0.3) is 0 Å². The fourth-order valence-electron chi connectivity index (χ4n) is 8.18. The number of aliphatic hydroxyl groups excluding tert-OH is 2. The molecule has 2 saturated carbocycles. The zero-order chi connectivity index (χ0) is 22.7. The minimum absolute atomic E-state index is 0.189. The Morgan fingerprint density at radius 1 is 1.23 bits per heavy atom. The first-order chi connectivity index (χ1) is 14.4. The number of hydrogen-bond donors (Lipinski definition) is 3. The van der Waals surface area contributed by atoms with Crippen LogP contribution in [-0.4, -0.2) is 50.7 Å². The second-order valence-electron chi connectivity index (χ2n) is 11.1. The SMILES string of the molecule is C=C(C)[C@@H]1CCC2[C@@]34CO[C@@](O)([C@@H](O)C3C(C)(C)Cc3sc(C)nc34)[C@@]2(C(C)=O)[C@@H]1O. The number of ketones is 1. The maximum Gasteiger partial charge on any atom is 0.208 e. The van der Waals surface area contributed by atoms with Gasteiger partial charge in [0.05, 0.1) is 23.4 Å². The van der Waals surface area contributed by atoms with Crippen LogP contribution in [0.3, 0.4) is 0 Å². The van der Waals surface area contributed by atoms with E-state index in [0.29, 0.717) is 12.8 Å². The molecule has 8 atom stereocenters. The first-order valence-corrected chi connectivity index (χ1v) is 12.0. The summed E-state index contributed by atoms with van der Waals surface area (Å²) >= 11 is 1.66. The highest BCUT2D eigenvalue weighted by molar-refractivity contribution is 7.11. The minimum atomic E-state index is -2.15. The molecule has 2 bridgehead atoms. The Balaban J connectivity index is 1.85. The van der Waals surface area contributed by atoms with Crippen LogP contribution in [0.5, 0.6) is 0 Å². The summed E-state index contributed by atoms with van der Waals surface area (Å²) in [6.45, 7) is 13.7. The van der Waals surface area contributed by atoms with Crippen LogP contribution in [0.2, 0.25) is 0 Å². The lowest BCUT2D eigenvalue weighted by Gasteiger charge is -2.74. The van der Waals surface area contributed by atoms with Crippen LogP contribution in [0.15, 0.2) is 12.2 Å². The van der Waals surface area contributed by atoms with E-state index >= 15 is 0 Å². The largest absolute Gasteiger partial charge is 0.391 e. The molecule has 1 aromatic rings. The quantitative estimate of drug-likeness (QED) is 0.603. The first kappa shape index (κ1) is 21.7. The van der Waals surface area contributed by atoms with E-state index in [2.05, 4.69) is 20.4 Å². The van der Waals surface area contributed by atoms with Crippen LogP contribution in [-0.2, 0) is 21.4 Å². The normalized spacial score (nSPS) is 47.3. The third-order valence-corrected chi connectivity index (χ3v) is 10.1. The lowest BCUT2D eigenvalue weighted by molar-refractivity contribution is -0.433. The Bertz CT molecular complexity index is 987. The number of nitrogens with zero attached hydrogens (tertiary/aromatic N) is 1. The highest BCUT2D eigenvalue weighted by atomic mass is 32.1. The summed E-state index contributed by atoms with van der Waals surface area (Å²) in [4.78, 5) is 19.6. The standard InChI is InChI=1S/C24H33NO5S/c1-11(2)14-7-8-16-22-10-30-24(29,23(16,12(3)26)19(14)27)20(28)17(22)21(5,6)9-15-18(22)25-13(4)31-15/h14,16-17,19-20,27-29H,1,7-10H2,2-6H3/t14-,16?,17?,19+,20-,22-,23+,24-/m0/s1. The molecule has 2 aliphatic heterocycles. The molecule has 5 aliphatic rings. The molecule has 170 valence electrons. The van der Waals surface area contributed by atoms with Gasteiger partial charge in [0.15, 0.2) is 0 Å². The molecule has 31 heavy (non-hydrogen) atoms. The summed E-state index contributed by atoms with van der Waals surface area (Å²) in [5, 5.41) is 36.3. The van der Waals surface area contributed by atoms with Gasteiger partial charge in [-0.25, -0.2) is 4.98 Å². The fourth-order valence-corrected chi connectivity index (χ4v) is 9.45. The second-order valence-corrected chi connectivity index (χ2v) is 12.4. The molecule has 2 unspecified atom stereocenters. The zero-order valence-corrected chi connectivity index (χ0v) is 19.8. The van der Waals surface area contributed by atoms with Crippen LogP contribution < -0.4 is 0 Å². The number of fused-ring (bicyclic) bond motifs is 2. The van der Waals surface area contributed by atoms with Crippen LogP contribution in [0.4, 0.5) is 0 Å². The Labute approximate surface area is 187 Å². The summed E-state index contributed by atoms with van der Waals surface area (Å²) in [7, 11) is 0. The van der Waals surface area contributed by atoms with Crippen molar-refractivity contribution in [2.75, 3.05) is 6.61 Å². The summed E-state index contributed by atoms with van der Waals surface area (Å²) in [6, 6.07) is 0. The van der Waals surface area contributed by atoms with E-state index < -0.39 is 28.8 Å². The van der Waals surface area contributed by atoms with E-state index in [1.807, 2.05) is 13.8 Å². The average molecular weight is 448 g/mol. The molecule has 4 fully saturated rings. The highest BCUT2D eigenvalue weighted by Crippen LogP contribution is 2.73. The Kier molecular flexibility index (Phi) is 4.38. The molecule has 0 aromatic carbocycles. The Morgan fingerprint density at radius 3 is 2.52 bits per heavy atom. The lowest BCUT2D eigenvalue weighted by Crippen LogP contribution is -2.86. The van der Waals surface area contributed by atoms with Gasteiger partial charge in [0, 0.05) is 22.1 Å². The molecule has 3 heterocycles. The molecule has 1 spiro atoms. The van der Waals surface area contributed by atoms with Gasteiger partial charge in [0.1, 0.15) is 17.3 Å². The third kappa shape index (κ3) is 2.22. The van der Waals surface area contributed by atoms with Crippen molar-refractivity contribution in [1.82, 2.24) is 4.98 Å². The van der Waals surface area contributed by atoms with Crippen molar-refractivity contribution in [2.45, 2.75) is 77.3 Å². The maximum absolute atomic E-state index is 13.5. The molecule has 6 rings (SSSR count). The summed E-state index contributed by atoms with van der Waals surface area (Å²) in [5.41, 5.74) is -1.03. The molecule has 0 amide bonds. The fraction of sp³-hybridized carbons (Fsp3) is 0.750. The monoisotopic (exact) mass is 447 g/mol. The first-order valence-electron chi connectivity index (χ1n) is 11.2. The van der Waals surface area contributed by atoms with Gasteiger partial charge in [0.25, 0.3) is 0 Å². The van der Waals surface area contributed by atoms with Crippen molar-refractivity contribution in [3.63, 3.8) is 0 Å². The van der Waals surface area contributed by atoms with E-state index in [0.717, 1.165) is 27.6 Å². The summed E-state index contributed by atoms with van der Waals surface area (Å²) in [5.74, 6) is -3.55. The Hall–Kier alpha value is -1.12. The molecular weight excluding hydrogens is 414 g/mol. The van der Waals surface area contributed by atoms with E-state index in [1.54, 1.807) is 11.3 Å². The topological polar surface area (TPSA) is 99.9 Å². The predicted molar refractivity (Wildman–Crippen MR) is 117 cm³/mol. The van der Waals surface area contributed by atoms with Crippen LogP contribution >= 0.6 is 11.3 Å². The maximum atomic E-state index is 13.5. The second kappa shape index (κ2) is 6.26. The molecule has 1 aromatic heterocycles. The molecule has 3 aliphatic carbocycles. The summed E-state index contributed by atoms with van der Waals surface area (Å²) in [6.07, 6.45) is -0.438. The summed E-state index contributed by atoms with van der Waals surface area (Å²) < 4.78 is 6.09. The van der Waals surface area contributed by atoms with Gasteiger partial charge in [-0.1, -0.05) is 26.0 Å². The molecule has 0 radical (unpaired) electrons. The smallest absolute Gasteiger partial charge is 0.208 e. The lowest BCUT2D eigenvalue weighted by atomic mass is 9.35. The zero-order valence-electron chi connectivity index (χ0n) is 18.9. The number of ether oxygens (including phenoxy) is 1. The van der Waals surface area contributed by atoms with E-state index in [-0.39, 0.29) is 35.6 Å².